The smallest absolute Gasteiger partial charge is 0.343 e. The molecule has 1 amide bonds. The number of nitrogens with one attached hydrogen (secondary N) is 1. The van der Waals surface area contributed by atoms with Crippen LogP contribution < -0.4 is 10.5 Å². The first kappa shape index (κ1) is 22.0. The first-order valence-corrected chi connectivity index (χ1v) is 10.3. The van der Waals surface area contributed by atoms with Gasteiger partial charge < -0.3 is 15.4 Å². The minimum absolute atomic E-state index is 0.0132. The fraction of sp³-hybridized carbons (Fsp3) is 0.647. The van der Waals surface area contributed by atoms with Gasteiger partial charge in [0.1, 0.15) is 12.4 Å². The Labute approximate surface area is 156 Å². The van der Waals surface area contributed by atoms with Crippen LogP contribution in [0.3, 0.4) is 0 Å². The topological polar surface area (TPSA) is 114 Å². The minimum Gasteiger partial charge on any atom is -0.499 e. The fourth-order valence-electron chi connectivity index (χ4n) is 2.75. The SMILES string of the molecule is CCC[C@H](CO/C=C(\CC)CC1=CNS(=O)(=O)N=C1N)N(CC)C(C)=O. The molecule has 148 valence electrons. The Kier molecular flexibility index (Phi) is 8.64. The van der Waals surface area contributed by atoms with Gasteiger partial charge in [-0.05, 0) is 25.3 Å². The zero-order chi connectivity index (χ0) is 19.7. The van der Waals surface area contributed by atoms with Crippen molar-refractivity contribution in [3.8, 4) is 0 Å². The van der Waals surface area contributed by atoms with Crippen molar-refractivity contribution in [1.29, 1.82) is 0 Å². The van der Waals surface area contributed by atoms with E-state index in [1.807, 2.05) is 18.7 Å². The van der Waals surface area contributed by atoms with E-state index in [1.165, 1.54) is 6.20 Å². The molecule has 1 heterocycles. The molecule has 9 heteroatoms. The van der Waals surface area contributed by atoms with Crippen molar-refractivity contribution in [3.05, 3.63) is 23.6 Å². The number of likely N-dealkylation sites (N-methyl/N-ethyl adjacent to an activating group) is 1. The number of nitrogens with zero attached hydrogens (tertiary/aromatic N) is 2. The molecule has 0 aromatic carbocycles. The van der Waals surface area contributed by atoms with Gasteiger partial charge in [-0.25, -0.2) is 0 Å². The fourth-order valence-corrected chi connectivity index (χ4v) is 3.47. The van der Waals surface area contributed by atoms with Crippen molar-refractivity contribution in [3.63, 3.8) is 0 Å². The molecule has 0 aromatic heterocycles. The molecular weight excluding hydrogens is 356 g/mol. The highest BCUT2D eigenvalue weighted by molar-refractivity contribution is 7.88. The van der Waals surface area contributed by atoms with Crippen LogP contribution in [0.5, 0.6) is 0 Å². The highest BCUT2D eigenvalue weighted by atomic mass is 32.2. The van der Waals surface area contributed by atoms with E-state index >= 15 is 0 Å². The van der Waals surface area contributed by atoms with Crippen LogP contribution in [0.1, 0.15) is 53.4 Å². The standard InChI is InChI=1S/C17H30N4O4S/c1-5-8-16(21(7-3)13(4)22)12-25-11-14(6-2)9-15-10-19-26(23,24)20-17(15)18/h10-11,16,19H,5-9,12H2,1-4H3,(H2,18,20)/b14-11+/t16-/m1/s1. The Hall–Kier alpha value is -2.03. The minimum atomic E-state index is -3.71. The summed E-state index contributed by atoms with van der Waals surface area (Å²) in [5.74, 6) is 0.0265. The molecule has 0 spiro atoms. The van der Waals surface area contributed by atoms with Crippen LogP contribution >= 0.6 is 0 Å². The molecule has 0 saturated heterocycles. The molecule has 0 unspecified atom stereocenters. The highest BCUT2D eigenvalue weighted by Gasteiger charge is 2.20. The number of allylic oxidation sites excluding steroid dienone is 1. The Morgan fingerprint density at radius 2 is 2.12 bits per heavy atom. The molecule has 3 N–H and O–H groups in total. The molecule has 0 saturated carbocycles. The maximum atomic E-state index is 11.8. The zero-order valence-electron chi connectivity index (χ0n) is 16.0. The Morgan fingerprint density at radius 1 is 1.42 bits per heavy atom. The van der Waals surface area contributed by atoms with Crippen molar-refractivity contribution in [1.82, 2.24) is 9.62 Å². The number of nitrogens with two attached hydrogens (primary N) is 1. The molecule has 0 bridgehead atoms. The lowest BCUT2D eigenvalue weighted by atomic mass is 10.0. The van der Waals surface area contributed by atoms with Crippen molar-refractivity contribution < 1.29 is 17.9 Å². The van der Waals surface area contributed by atoms with E-state index in [0.29, 0.717) is 25.1 Å². The summed E-state index contributed by atoms with van der Waals surface area (Å²) in [6.45, 7) is 8.64. The Balaban J connectivity index is 2.73. The van der Waals surface area contributed by atoms with Gasteiger partial charge in [-0.15, -0.1) is 4.40 Å². The second kappa shape index (κ2) is 10.2. The average molecular weight is 387 g/mol. The number of hydrogen-bond acceptors (Lipinski definition) is 5. The molecular formula is C17H30N4O4S. The van der Waals surface area contributed by atoms with E-state index in [1.54, 1.807) is 13.2 Å². The Morgan fingerprint density at radius 3 is 2.62 bits per heavy atom. The third-order valence-electron chi connectivity index (χ3n) is 4.15. The van der Waals surface area contributed by atoms with Crippen LogP contribution in [0.2, 0.25) is 0 Å². The molecule has 0 aliphatic carbocycles. The van der Waals surface area contributed by atoms with E-state index in [2.05, 4.69) is 16.0 Å². The third-order valence-corrected chi connectivity index (χ3v) is 5.00. The third kappa shape index (κ3) is 6.70. The molecule has 26 heavy (non-hydrogen) atoms. The molecule has 8 nitrogen and oxygen atoms in total. The molecule has 1 aliphatic rings. The van der Waals surface area contributed by atoms with Crippen molar-refractivity contribution >= 4 is 22.0 Å². The van der Waals surface area contributed by atoms with Crippen LogP contribution in [0, 0.1) is 0 Å². The number of carbonyl (C=O) groups excluding carboxylic acids is 1. The largest absolute Gasteiger partial charge is 0.499 e. The van der Waals surface area contributed by atoms with Crippen LogP contribution in [0.4, 0.5) is 0 Å². The van der Waals surface area contributed by atoms with Gasteiger partial charge in [0.15, 0.2) is 0 Å². The second-order valence-corrected chi connectivity index (χ2v) is 7.49. The molecule has 1 atom stereocenters. The van der Waals surface area contributed by atoms with Crippen LogP contribution in [0.25, 0.3) is 0 Å². The van der Waals surface area contributed by atoms with E-state index in [0.717, 1.165) is 24.8 Å². The summed E-state index contributed by atoms with van der Waals surface area (Å²) in [5.41, 5.74) is 7.27. The predicted octanol–water partition coefficient (Wildman–Crippen LogP) is 1.81. The number of hydrogen-bond donors (Lipinski definition) is 2. The highest BCUT2D eigenvalue weighted by Crippen LogP contribution is 2.17. The quantitative estimate of drug-likeness (QED) is 0.556. The van der Waals surface area contributed by atoms with Gasteiger partial charge in [0.05, 0.1) is 12.3 Å². The van der Waals surface area contributed by atoms with Crippen molar-refractivity contribution in [2.75, 3.05) is 13.2 Å². The van der Waals surface area contributed by atoms with Gasteiger partial charge in [-0.3, -0.25) is 9.52 Å². The van der Waals surface area contributed by atoms with Gasteiger partial charge in [-0.1, -0.05) is 20.3 Å². The lowest BCUT2D eigenvalue weighted by Crippen LogP contribution is -2.41. The van der Waals surface area contributed by atoms with Crippen LogP contribution in [0.15, 0.2) is 28.0 Å². The summed E-state index contributed by atoms with van der Waals surface area (Å²) in [6.07, 6.45) is 6.03. The van der Waals surface area contributed by atoms with E-state index < -0.39 is 10.2 Å². The van der Waals surface area contributed by atoms with Gasteiger partial charge in [0.25, 0.3) is 0 Å². The summed E-state index contributed by atoms with van der Waals surface area (Å²) in [7, 11) is -3.71. The molecule has 0 aromatic rings. The first-order valence-electron chi connectivity index (χ1n) is 8.87. The van der Waals surface area contributed by atoms with Gasteiger partial charge in [-0.2, -0.15) is 8.42 Å². The average Bonchev–Trinajstić information content (AvgIpc) is 2.55. The van der Waals surface area contributed by atoms with E-state index in [-0.39, 0.29) is 17.8 Å². The zero-order valence-corrected chi connectivity index (χ0v) is 16.8. The van der Waals surface area contributed by atoms with Crippen molar-refractivity contribution in [2.45, 2.75) is 59.4 Å². The number of ether oxygens (including phenoxy) is 1. The van der Waals surface area contributed by atoms with E-state index in [9.17, 15) is 13.2 Å². The lowest BCUT2D eigenvalue weighted by Gasteiger charge is -2.29. The Bertz CT molecular complexity index is 683. The van der Waals surface area contributed by atoms with Crippen LogP contribution in [-0.4, -0.2) is 44.3 Å². The monoisotopic (exact) mass is 386 g/mol. The normalized spacial score (nSPS) is 17.6. The summed E-state index contributed by atoms with van der Waals surface area (Å²) >= 11 is 0. The number of amides is 1. The summed E-state index contributed by atoms with van der Waals surface area (Å²) in [5, 5.41) is 0. The first-order chi connectivity index (χ1) is 12.2. The lowest BCUT2D eigenvalue weighted by molar-refractivity contribution is -0.132. The second-order valence-electron chi connectivity index (χ2n) is 6.13. The van der Waals surface area contributed by atoms with E-state index in [4.69, 9.17) is 10.5 Å². The summed E-state index contributed by atoms with van der Waals surface area (Å²) < 4.78 is 34.1. The molecule has 1 rings (SSSR count). The molecule has 0 radical (unpaired) electrons. The maximum Gasteiger partial charge on any atom is 0.343 e. The number of amidine groups is 1. The van der Waals surface area contributed by atoms with Crippen LogP contribution in [-0.2, 0) is 19.7 Å². The molecule has 0 fully saturated rings. The van der Waals surface area contributed by atoms with Gasteiger partial charge in [0, 0.05) is 31.7 Å². The summed E-state index contributed by atoms with van der Waals surface area (Å²) in [6, 6.07) is 0.0317. The number of rotatable bonds is 10. The van der Waals surface area contributed by atoms with Gasteiger partial charge in [0.2, 0.25) is 5.91 Å². The predicted molar refractivity (Wildman–Crippen MR) is 102 cm³/mol. The van der Waals surface area contributed by atoms with Crippen molar-refractivity contribution in [2.24, 2.45) is 10.1 Å². The molecule has 1 aliphatic heterocycles. The van der Waals surface area contributed by atoms with Gasteiger partial charge >= 0.3 is 10.2 Å². The number of carbonyl (C=O) groups is 1. The summed E-state index contributed by atoms with van der Waals surface area (Å²) in [4.78, 5) is 13.6. The maximum absolute atomic E-state index is 11.8.